The minimum atomic E-state index is -1.41. The number of para-hydroxylation sites is 1. The Morgan fingerprint density at radius 1 is 0.917 bits per heavy atom. The van der Waals surface area contributed by atoms with Crippen molar-refractivity contribution >= 4 is 5.69 Å². The predicted molar refractivity (Wildman–Crippen MR) is 93.4 cm³/mol. The van der Waals surface area contributed by atoms with Gasteiger partial charge in [0.25, 0.3) is 6.29 Å². The van der Waals surface area contributed by atoms with E-state index < -0.39 is 12.3 Å². The molecule has 0 aliphatic carbocycles. The van der Waals surface area contributed by atoms with Crippen molar-refractivity contribution in [3.63, 3.8) is 0 Å². The molecule has 1 N–H and O–H groups in total. The topological polar surface area (TPSA) is 58.2 Å². The van der Waals surface area contributed by atoms with E-state index in [0.29, 0.717) is 26.4 Å². The molecule has 1 aromatic rings. The number of unbranched alkanes of at least 4 members (excludes halogenated alkanes) is 1. The molecule has 0 aliphatic heterocycles. The van der Waals surface area contributed by atoms with Crippen molar-refractivity contribution in [1.29, 1.82) is 0 Å². The molecule has 0 saturated heterocycles. The molecule has 0 amide bonds. The van der Waals surface area contributed by atoms with Crippen LogP contribution in [0, 0.1) is 0 Å². The van der Waals surface area contributed by atoms with Crippen LogP contribution in [0.5, 0.6) is 0 Å². The summed E-state index contributed by atoms with van der Waals surface area (Å²) in [5.74, 6) is -1.41. The van der Waals surface area contributed by atoms with Crippen molar-refractivity contribution in [2.45, 2.75) is 52.8 Å². The lowest BCUT2D eigenvalue weighted by Gasteiger charge is -2.37. The van der Waals surface area contributed by atoms with Crippen LogP contribution in [0.3, 0.4) is 0 Å². The van der Waals surface area contributed by atoms with Gasteiger partial charge in [0.1, 0.15) is 0 Å². The summed E-state index contributed by atoms with van der Waals surface area (Å²) in [7, 11) is 0. The number of hydrogen-bond donors (Lipinski definition) is 1. The maximum Gasteiger partial charge on any atom is 0.339 e. The molecule has 0 fully saturated rings. The van der Waals surface area contributed by atoms with Gasteiger partial charge in [-0.2, -0.15) is 0 Å². The van der Waals surface area contributed by atoms with Gasteiger partial charge in [0.15, 0.2) is 0 Å². The Hall–Kier alpha value is -1.18. The number of hydrogen-bond acceptors (Lipinski definition) is 6. The van der Waals surface area contributed by atoms with Crippen molar-refractivity contribution in [1.82, 2.24) is 0 Å². The molecule has 0 heterocycles. The van der Waals surface area contributed by atoms with E-state index in [-0.39, 0.29) is 0 Å². The van der Waals surface area contributed by atoms with Crippen LogP contribution in [-0.4, -0.2) is 38.7 Å². The van der Waals surface area contributed by atoms with Gasteiger partial charge >= 0.3 is 5.97 Å². The van der Waals surface area contributed by atoms with Crippen LogP contribution in [0.15, 0.2) is 30.3 Å². The van der Waals surface area contributed by atoms with Crippen molar-refractivity contribution in [3.8, 4) is 0 Å². The molecule has 6 nitrogen and oxygen atoms in total. The molecule has 0 aliphatic rings. The van der Waals surface area contributed by atoms with Crippen LogP contribution in [0.2, 0.25) is 0 Å². The molecule has 0 radical (unpaired) electrons. The van der Waals surface area contributed by atoms with E-state index in [1.165, 1.54) is 0 Å². The largest absolute Gasteiger partial charge is 0.344 e. The Labute approximate surface area is 145 Å². The SMILES string of the molecule is CCCCOC(ONc1ccccc1)C(OCC)(OCC)OCC. The fraction of sp³-hybridized carbons (Fsp3) is 0.667. The van der Waals surface area contributed by atoms with Gasteiger partial charge in [-0.1, -0.05) is 31.5 Å². The summed E-state index contributed by atoms with van der Waals surface area (Å²) in [4.78, 5) is 5.75. The molecule has 1 aromatic carbocycles. The molecule has 0 aromatic heterocycles. The minimum absolute atomic E-state index is 0.405. The van der Waals surface area contributed by atoms with E-state index in [1.54, 1.807) is 0 Å². The third-order valence-electron chi connectivity index (χ3n) is 3.15. The maximum absolute atomic E-state index is 5.87. The van der Waals surface area contributed by atoms with Crippen molar-refractivity contribution in [2.75, 3.05) is 31.9 Å². The summed E-state index contributed by atoms with van der Waals surface area (Å²) in [6.07, 6.45) is 1.05. The highest BCUT2D eigenvalue weighted by atomic mass is 16.9. The van der Waals surface area contributed by atoms with Crippen LogP contribution in [-0.2, 0) is 23.8 Å². The molecule has 24 heavy (non-hydrogen) atoms. The zero-order valence-corrected chi connectivity index (χ0v) is 15.2. The zero-order chi connectivity index (χ0) is 17.7. The number of ether oxygens (including phenoxy) is 4. The third kappa shape index (κ3) is 6.75. The fourth-order valence-corrected chi connectivity index (χ4v) is 2.10. The zero-order valence-electron chi connectivity index (χ0n) is 15.2. The molecule has 6 heteroatoms. The highest BCUT2D eigenvalue weighted by Crippen LogP contribution is 2.25. The first-order chi connectivity index (χ1) is 11.7. The maximum atomic E-state index is 5.87. The molecular weight excluding hydrogens is 310 g/mol. The average molecular weight is 341 g/mol. The van der Waals surface area contributed by atoms with Crippen LogP contribution in [0.1, 0.15) is 40.5 Å². The number of nitrogens with one attached hydrogen (secondary N) is 1. The molecule has 1 atom stereocenters. The third-order valence-corrected chi connectivity index (χ3v) is 3.15. The van der Waals surface area contributed by atoms with Gasteiger partial charge in [-0.25, -0.2) is 4.84 Å². The van der Waals surface area contributed by atoms with E-state index in [1.807, 2.05) is 51.1 Å². The normalized spacial score (nSPS) is 13.0. The minimum Gasteiger partial charge on any atom is -0.344 e. The Morgan fingerprint density at radius 3 is 2.00 bits per heavy atom. The number of anilines is 1. The summed E-state index contributed by atoms with van der Waals surface area (Å²) < 4.78 is 23.1. The summed E-state index contributed by atoms with van der Waals surface area (Å²) in [5.41, 5.74) is 3.69. The van der Waals surface area contributed by atoms with E-state index in [2.05, 4.69) is 12.4 Å². The summed E-state index contributed by atoms with van der Waals surface area (Å²) in [6, 6.07) is 9.56. The van der Waals surface area contributed by atoms with Crippen LogP contribution in [0.25, 0.3) is 0 Å². The first-order valence-corrected chi connectivity index (χ1v) is 8.72. The van der Waals surface area contributed by atoms with Gasteiger partial charge in [0.2, 0.25) is 0 Å². The van der Waals surface area contributed by atoms with Gasteiger partial charge in [-0.05, 0) is 39.3 Å². The van der Waals surface area contributed by atoms with E-state index in [4.69, 9.17) is 23.8 Å². The van der Waals surface area contributed by atoms with Crippen molar-refractivity contribution in [3.05, 3.63) is 30.3 Å². The predicted octanol–water partition coefficient (Wildman–Crippen LogP) is 3.94. The number of rotatable bonds is 14. The summed E-state index contributed by atoms with van der Waals surface area (Å²) >= 11 is 0. The van der Waals surface area contributed by atoms with Gasteiger partial charge in [-0.3, -0.25) is 5.48 Å². The molecule has 138 valence electrons. The quantitative estimate of drug-likeness (QED) is 0.314. The fourth-order valence-electron chi connectivity index (χ4n) is 2.10. The second kappa shape index (κ2) is 12.2. The molecular formula is C18H31NO5. The van der Waals surface area contributed by atoms with Gasteiger partial charge in [0.05, 0.1) is 12.3 Å². The first-order valence-electron chi connectivity index (χ1n) is 8.72. The highest BCUT2D eigenvalue weighted by molar-refractivity contribution is 5.40. The van der Waals surface area contributed by atoms with Crippen LogP contribution >= 0.6 is 0 Å². The molecule has 1 unspecified atom stereocenters. The number of benzene rings is 1. The lowest BCUT2D eigenvalue weighted by molar-refractivity contribution is -0.451. The van der Waals surface area contributed by atoms with E-state index in [0.717, 1.165) is 18.5 Å². The first kappa shape index (κ1) is 20.9. The molecule has 0 saturated carbocycles. The summed E-state index contributed by atoms with van der Waals surface area (Å²) in [5, 5.41) is 0. The summed E-state index contributed by atoms with van der Waals surface area (Å²) in [6.45, 7) is 9.46. The van der Waals surface area contributed by atoms with Crippen molar-refractivity contribution < 1.29 is 23.8 Å². The standard InChI is InChI=1S/C18H31NO5/c1-5-9-15-20-17(24-19-16-13-11-10-12-14-16)18(21-6-2,22-7-3)23-8-4/h10-14,17,19H,5-9,15H2,1-4H3. The molecule has 1 rings (SSSR count). The molecule has 0 spiro atoms. The van der Waals surface area contributed by atoms with Crippen LogP contribution < -0.4 is 5.48 Å². The Bertz CT molecular complexity index is 398. The average Bonchev–Trinajstić information content (AvgIpc) is 2.59. The van der Waals surface area contributed by atoms with E-state index >= 15 is 0 Å². The Morgan fingerprint density at radius 2 is 1.50 bits per heavy atom. The monoisotopic (exact) mass is 341 g/mol. The highest BCUT2D eigenvalue weighted by Gasteiger charge is 2.45. The Kier molecular flexibility index (Phi) is 10.6. The van der Waals surface area contributed by atoms with Gasteiger partial charge in [0, 0.05) is 19.8 Å². The second-order valence-corrected chi connectivity index (χ2v) is 5.04. The lowest BCUT2D eigenvalue weighted by Crippen LogP contribution is -2.53. The smallest absolute Gasteiger partial charge is 0.339 e. The van der Waals surface area contributed by atoms with E-state index in [9.17, 15) is 0 Å². The van der Waals surface area contributed by atoms with Crippen molar-refractivity contribution in [2.24, 2.45) is 0 Å². The molecule has 0 bridgehead atoms. The second-order valence-electron chi connectivity index (χ2n) is 5.04. The van der Waals surface area contributed by atoms with Gasteiger partial charge < -0.3 is 18.9 Å². The van der Waals surface area contributed by atoms with Crippen LogP contribution in [0.4, 0.5) is 5.69 Å². The van der Waals surface area contributed by atoms with Gasteiger partial charge in [-0.15, -0.1) is 0 Å². The Balaban J connectivity index is 2.87. The lowest BCUT2D eigenvalue weighted by atomic mass is 10.3.